The van der Waals surface area contributed by atoms with E-state index in [2.05, 4.69) is 17.2 Å². The molecule has 0 aliphatic heterocycles. The van der Waals surface area contributed by atoms with E-state index < -0.39 is 4.92 Å². The molecule has 0 aromatic carbocycles. The number of aromatic nitrogens is 1. The van der Waals surface area contributed by atoms with Gasteiger partial charge >= 0.3 is 0 Å². The summed E-state index contributed by atoms with van der Waals surface area (Å²) >= 11 is 0. The van der Waals surface area contributed by atoms with Crippen molar-refractivity contribution >= 4 is 11.5 Å². The lowest BCUT2D eigenvalue weighted by molar-refractivity contribution is -0.384. The average Bonchev–Trinajstić information content (AvgIpc) is 2.47. The predicted octanol–water partition coefficient (Wildman–Crippen LogP) is 3.77. The van der Waals surface area contributed by atoms with Crippen molar-refractivity contribution in [3.63, 3.8) is 0 Å². The first-order chi connectivity index (χ1) is 10.1. The fourth-order valence-electron chi connectivity index (χ4n) is 2.52. The molecule has 0 spiro atoms. The molecule has 0 unspecified atom stereocenters. The molecule has 2 rings (SSSR count). The Balaban J connectivity index is 2.09. The van der Waals surface area contributed by atoms with Gasteiger partial charge in [-0.1, -0.05) is 13.8 Å². The molecule has 116 valence electrons. The number of rotatable bonds is 6. The topological polar surface area (TPSA) is 77.3 Å². The molecule has 6 nitrogen and oxygen atoms in total. The van der Waals surface area contributed by atoms with E-state index in [1.54, 1.807) is 0 Å². The SMILES string of the molecule is CCCNc1cc([N+](=O)[O-])cc(OC2CCC(C)CC2)n1. The lowest BCUT2D eigenvalue weighted by atomic mass is 9.89. The molecular weight excluding hydrogens is 270 g/mol. The van der Waals surface area contributed by atoms with Crippen molar-refractivity contribution in [3.8, 4) is 5.88 Å². The van der Waals surface area contributed by atoms with E-state index in [9.17, 15) is 10.1 Å². The van der Waals surface area contributed by atoms with E-state index in [0.717, 1.165) is 44.6 Å². The minimum Gasteiger partial charge on any atom is -0.474 e. The van der Waals surface area contributed by atoms with E-state index in [1.165, 1.54) is 12.1 Å². The van der Waals surface area contributed by atoms with Gasteiger partial charge in [-0.15, -0.1) is 0 Å². The van der Waals surface area contributed by atoms with Gasteiger partial charge in [-0.05, 0) is 38.0 Å². The zero-order valence-electron chi connectivity index (χ0n) is 12.7. The Kier molecular flexibility index (Phi) is 5.36. The zero-order chi connectivity index (χ0) is 15.2. The van der Waals surface area contributed by atoms with Crippen LogP contribution in [0.15, 0.2) is 12.1 Å². The lowest BCUT2D eigenvalue weighted by Crippen LogP contribution is -2.23. The van der Waals surface area contributed by atoms with Gasteiger partial charge in [-0.2, -0.15) is 4.98 Å². The molecule has 1 aromatic rings. The quantitative estimate of drug-likeness (QED) is 0.638. The fourth-order valence-corrected chi connectivity index (χ4v) is 2.52. The molecule has 6 heteroatoms. The van der Waals surface area contributed by atoms with E-state index in [1.807, 2.05) is 6.92 Å². The van der Waals surface area contributed by atoms with Crippen LogP contribution >= 0.6 is 0 Å². The normalized spacial score (nSPS) is 21.8. The molecule has 1 aromatic heterocycles. The highest BCUT2D eigenvalue weighted by Crippen LogP contribution is 2.29. The predicted molar refractivity (Wildman–Crippen MR) is 81.7 cm³/mol. The van der Waals surface area contributed by atoms with Gasteiger partial charge in [-0.3, -0.25) is 10.1 Å². The Morgan fingerprint density at radius 3 is 2.71 bits per heavy atom. The standard InChI is InChI=1S/C15H23N3O3/c1-3-8-16-14-9-12(18(19)20)10-15(17-14)21-13-6-4-11(2)5-7-13/h9-11,13H,3-8H2,1-2H3,(H,16,17). The third-order valence-electron chi connectivity index (χ3n) is 3.80. The lowest BCUT2D eigenvalue weighted by Gasteiger charge is -2.26. The van der Waals surface area contributed by atoms with Crippen molar-refractivity contribution in [2.75, 3.05) is 11.9 Å². The van der Waals surface area contributed by atoms with E-state index >= 15 is 0 Å². The Hall–Kier alpha value is -1.85. The van der Waals surface area contributed by atoms with Crippen LogP contribution in [0.25, 0.3) is 0 Å². The largest absolute Gasteiger partial charge is 0.474 e. The molecule has 1 aliphatic carbocycles. The van der Waals surface area contributed by atoms with Gasteiger partial charge in [0.1, 0.15) is 11.9 Å². The molecule has 0 radical (unpaired) electrons. The average molecular weight is 293 g/mol. The molecule has 21 heavy (non-hydrogen) atoms. The first kappa shape index (κ1) is 15.5. The van der Waals surface area contributed by atoms with Crippen molar-refractivity contribution < 1.29 is 9.66 Å². The number of nitro groups is 1. The van der Waals surface area contributed by atoms with E-state index in [4.69, 9.17) is 4.74 Å². The summed E-state index contributed by atoms with van der Waals surface area (Å²) in [5, 5.41) is 14.1. The van der Waals surface area contributed by atoms with Gasteiger partial charge in [0.25, 0.3) is 5.69 Å². The number of nitrogens with one attached hydrogen (secondary N) is 1. The Morgan fingerprint density at radius 1 is 1.38 bits per heavy atom. The maximum atomic E-state index is 11.0. The van der Waals surface area contributed by atoms with E-state index in [-0.39, 0.29) is 11.8 Å². The maximum Gasteiger partial charge on any atom is 0.278 e. The second-order valence-electron chi connectivity index (χ2n) is 5.73. The first-order valence-corrected chi connectivity index (χ1v) is 7.65. The fraction of sp³-hybridized carbons (Fsp3) is 0.667. The van der Waals surface area contributed by atoms with Gasteiger partial charge in [0.15, 0.2) is 0 Å². The number of nitrogens with zero attached hydrogens (tertiary/aromatic N) is 2. The van der Waals surface area contributed by atoms with E-state index in [0.29, 0.717) is 11.7 Å². The Morgan fingerprint density at radius 2 is 2.10 bits per heavy atom. The monoisotopic (exact) mass is 293 g/mol. The zero-order valence-corrected chi connectivity index (χ0v) is 12.7. The second-order valence-corrected chi connectivity index (χ2v) is 5.73. The van der Waals surface area contributed by atoms with Crippen LogP contribution in [0, 0.1) is 16.0 Å². The van der Waals surface area contributed by atoms with Crippen LogP contribution in [0.2, 0.25) is 0 Å². The van der Waals surface area contributed by atoms with Gasteiger partial charge in [0.05, 0.1) is 17.1 Å². The van der Waals surface area contributed by atoms with Crippen molar-refractivity contribution in [3.05, 3.63) is 22.2 Å². The van der Waals surface area contributed by atoms with Crippen LogP contribution in [0.3, 0.4) is 0 Å². The highest BCUT2D eigenvalue weighted by molar-refractivity contribution is 5.48. The molecule has 0 amide bonds. The molecule has 0 bridgehead atoms. The first-order valence-electron chi connectivity index (χ1n) is 7.65. The highest BCUT2D eigenvalue weighted by atomic mass is 16.6. The molecule has 0 atom stereocenters. The summed E-state index contributed by atoms with van der Waals surface area (Å²) in [4.78, 5) is 14.9. The smallest absolute Gasteiger partial charge is 0.278 e. The number of anilines is 1. The molecule has 1 heterocycles. The summed E-state index contributed by atoms with van der Waals surface area (Å²) in [5.41, 5.74) is 0.0165. The van der Waals surface area contributed by atoms with Crippen LogP contribution in [-0.4, -0.2) is 22.6 Å². The number of pyridine rings is 1. The van der Waals surface area contributed by atoms with Crippen LogP contribution < -0.4 is 10.1 Å². The molecule has 1 fully saturated rings. The van der Waals surface area contributed by atoms with Crippen LogP contribution in [0.5, 0.6) is 5.88 Å². The Bertz CT molecular complexity index is 485. The number of hydrogen-bond donors (Lipinski definition) is 1. The summed E-state index contributed by atoms with van der Waals surface area (Å²) in [5.74, 6) is 1.59. The van der Waals surface area contributed by atoms with Crippen LogP contribution in [0.1, 0.15) is 46.0 Å². The number of hydrogen-bond acceptors (Lipinski definition) is 5. The third kappa shape index (κ3) is 4.58. The number of ether oxygens (including phenoxy) is 1. The van der Waals surface area contributed by atoms with Crippen molar-refractivity contribution in [1.29, 1.82) is 0 Å². The maximum absolute atomic E-state index is 11.0. The highest BCUT2D eigenvalue weighted by Gasteiger charge is 2.21. The molecular formula is C15H23N3O3. The molecule has 1 aliphatic rings. The van der Waals surface area contributed by atoms with Gasteiger partial charge in [0, 0.05) is 6.54 Å². The van der Waals surface area contributed by atoms with Gasteiger partial charge < -0.3 is 10.1 Å². The summed E-state index contributed by atoms with van der Waals surface area (Å²) < 4.78 is 5.86. The van der Waals surface area contributed by atoms with Crippen LogP contribution in [-0.2, 0) is 0 Å². The van der Waals surface area contributed by atoms with Crippen molar-refractivity contribution in [2.24, 2.45) is 5.92 Å². The molecule has 1 saturated carbocycles. The van der Waals surface area contributed by atoms with Gasteiger partial charge in [0.2, 0.25) is 5.88 Å². The summed E-state index contributed by atoms with van der Waals surface area (Å²) in [7, 11) is 0. The molecule has 0 saturated heterocycles. The van der Waals surface area contributed by atoms with Crippen molar-refractivity contribution in [1.82, 2.24) is 4.98 Å². The minimum absolute atomic E-state index is 0.0165. The van der Waals surface area contributed by atoms with Crippen LogP contribution in [0.4, 0.5) is 11.5 Å². The van der Waals surface area contributed by atoms with Crippen molar-refractivity contribution in [2.45, 2.75) is 52.1 Å². The summed E-state index contributed by atoms with van der Waals surface area (Å²) in [6.07, 6.45) is 5.31. The summed E-state index contributed by atoms with van der Waals surface area (Å²) in [6, 6.07) is 2.86. The minimum atomic E-state index is -0.408. The van der Waals surface area contributed by atoms with Gasteiger partial charge in [-0.25, -0.2) is 0 Å². The Labute approximate surface area is 125 Å². The summed E-state index contributed by atoms with van der Waals surface area (Å²) in [6.45, 7) is 5.01. The molecule has 1 N–H and O–H groups in total. The third-order valence-corrected chi connectivity index (χ3v) is 3.80. The second kappa shape index (κ2) is 7.24.